The summed E-state index contributed by atoms with van der Waals surface area (Å²) >= 11 is 9.38. The van der Waals surface area contributed by atoms with Crippen molar-refractivity contribution in [3.63, 3.8) is 0 Å². The Hall–Kier alpha value is -0.840. The maximum atomic E-state index is 5.88. The quantitative estimate of drug-likeness (QED) is 0.832. The maximum Gasteiger partial charge on any atom is 0.107 e. The number of imidazole rings is 1. The van der Waals surface area contributed by atoms with Gasteiger partial charge in [0.25, 0.3) is 0 Å². The summed E-state index contributed by atoms with van der Waals surface area (Å²) in [6.07, 6.45) is 4.51. The van der Waals surface area contributed by atoms with Crippen LogP contribution >= 0.6 is 27.5 Å². The fraction of sp³-hybridized carbons (Fsp3) is 0.250. The lowest BCUT2D eigenvalue weighted by molar-refractivity contribution is 0.672. The van der Waals surface area contributed by atoms with Crippen molar-refractivity contribution in [1.82, 2.24) is 15.3 Å². The summed E-state index contributed by atoms with van der Waals surface area (Å²) in [4.78, 5) is 7.24. The summed E-state index contributed by atoms with van der Waals surface area (Å²) in [7, 11) is 0. The van der Waals surface area contributed by atoms with E-state index in [2.05, 4.69) is 31.2 Å². The molecule has 0 unspecified atom stereocenters. The highest BCUT2D eigenvalue weighted by Gasteiger charge is 2.00. The van der Waals surface area contributed by atoms with Gasteiger partial charge in [0.15, 0.2) is 0 Å². The molecule has 1 heterocycles. The van der Waals surface area contributed by atoms with Crippen molar-refractivity contribution in [2.24, 2.45) is 0 Å². The number of nitrogens with zero attached hydrogens (tertiary/aromatic N) is 1. The van der Waals surface area contributed by atoms with Gasteiger partial charge in [-0.25, -0.2) is 4.98 Å². The van der Waals surface area contributed by atoms with Gasteiger partial charge in [0.05, 0.1) is 0 Å². The van der Waals surface area contributed by atoms with Gasteiger partial charge in [0.2, 0.25) is 0 Å². The summed E-state index contributed by atoms with van der Waals surface area (Å²) < 4.78 is 1.04. The van der Waals surface area contributed by atoms with E-state index in [1.807, 2.05) is 24.4 Å². The van der Waals surface area contributed by atoms with Crippen LogP contribution in [-0.4, -0.2) is 16.5 Å². The fourth-order valence-corrected chi connectivity index (χ4v) is 2.35. The molecule has 2 aromatic rings. The van der Waals surface area contributed by atoms with Gasteiger partial charge in [-0.15, -0.1) is 0 Å². The third kappa shape index (κ3) is 3.84. The first-order valence-electron chi connectivity index (χ1n) is 5.38. The van der Waals surface area contributed by atoms with E-state index in [1.54, 1.807) is 6.20 Å². The SMILES string of the molecule is Clc1ccc(CNCCc2ncc[nH]2)c(Br)c1. The average molecular weight is 315 g/mol. The predicted octanol–water partition coefficient (Wildman–Crippen LogP) is 3.16. The minimum atomic E-state index is 0.746. The monoisotopic (exact) mass is 313 g/mol. The molecule has 2 N–H and O–H groups in total. The Bertz CT molecular complexity index is 471. The van der Waals surface area contributed by atoms with Gasteiger partial charge in [-0.3, -0.25) is 0 Å². The zero-order valence-corrected chi connectivity index (χ0v) is 11.6. The number of aromatic amines is 1. The van der Waals surface area contributed by atoms with Crippen LogP contribution in [0.15, 0.2) is 35.1 Å². The Morgan fingerprint density at radius 1 is 1.41 bits per heavy atom. The standard InChI is InChI=1S/C12H13BrClN3/c13-11-7-10(14)2-1-9(11)8-15-4-3-12-16-5-6-17-12/h1-2,5-7,15H,3-4,8H2,(H,16,17). The number of H-pyrrole nitrogens is 1. The zero-order chi connectivity index (χ0) is 12.1. The summed E-state index contributed by atoms with van der Waals surface area (Å²) in [5.74, 6) is 1.01. The number of aromatic nitrogens is 2. The number of rotatable bonds is 5. The second kappa shape index (κ2) is 6.19. The van der Waals surface area contributed by atoms with Crippen LogP contribution in [0.3, 0.4) is 0 Å². The molecule has 1 aromatic carbocycles. The summed E-state index contributed by atoms with van der Waals surface area (Å²) in [5.41, 5.74) is 1.20. The lowest BCUT2D eigenvalue weighted by atomic mass is 10.2. The molecule has 0 aliphatic carbocycles. The normalized spacial score (nSPS) is 10.7. The van der Waals surface area contributed by atoms with Crippen molar-refractivity contribution in [3.8, 4) is 0 Å². The molecule has 0 amide bonds. The van der Waals surface area contributed by atoms with E-state index >= 15 is 0 Å². The van der Waals surface area contributed by atoms with Crippen LogP contribution in [0.25, 0.3) is 0 Å². The number of nitrogens with one attached hydrogen (secondary N) is 2. The smallest absolute Gasteiger partial charge is 0.107 e. The van der Waals surface area contributed by atoms with E-state index in [0.29, 0.717) is 0 Å². The molecule has 5 heteroatoms. The van der Waals surface area contributed by atoms with Crippen LogP contribution in [0, 0.1) is 0 Å². The highest BCUT2D eigenvalue weighted by Crippen LogP contribution is 2.21. The van der Waals surface area contributed by atoms with E-state index in [-0.39, 0.29) is 0 Å². The lowest BCUT2D eigenvalue weighted by Crippen LogP contribution is -2.17. The molecule has 0 fully saturated rings. The third-order valence-corrected chi connectivity index (χ3v) is 3.40. The van der Waals surface area contributed by atoms with Gasteiger partial charge in [0, 0.05) is 41.4 Å². The molecule has 0 saturated heterocycles. The Labute approximate surface area is 114 Å². The average Bonchev–Trinajstić information content (AvgIpc) is 2.79. The van der Waals surface area contributed by atoms with Crippen molar-refractivity contribution in [3.05, 3.63) is 51.5 Å². The molecule has 3 nitrogen and oxygen atoms in total. The van der Waals surface area contributed by atoms with E-state index in [1.165, 1.54) is 5.56 Å². The minimum Gasteiger partial charge on any atom is -0.349 e. The van der Waals surface area contributed by atoms with Crippen LogP contribution in [0.5, 0.6) is 0 Å². The predicted molar refractivity (Wildman–Crippen MR) is 73.2 cm³/mol. The second-order valence-corrected chi connectivity index (χ2v) is 4.99. The largest absolute Gasteiger partial charge is 0.349 e. The number of hydrogen-bond donors (Lipinski definition) is 2. The van der Waals surface area contributed by atoms with Crippen LogP contribution in [0.4, 0.5) is 0 Å². The molecule has 0 radical (unpaired) electrons. The first-order chi connectivity index (χ1) is 8.25. The molecule has 1 aromatic heterocycles. The Balaban J connectivity index is 1.78. The van der Waals surface area contributed by atoms with Crippen LogP contribution in [0.2, 0.25) is 5.02 Å². The van der Waals surface area contributed by atoms with Gasteiger partial charge in [-0.05, 0) is 17.7 Å². The Kier molecular flexibility index (Phi) is 4.59. The van der Waals surface area contributed by atoms with Gasteiger partial charge in [-0.2, -0.15) is 0 Å². The molecule has 90 valence electrons. The lowest BCUT2D eigenvalue weighted by Gasteiger charge is -2.06. The second-order valence-electron chi connectivity index (χ2n) is 3.70. The first kappa shape index (κ1) is 12.6. The van der Waals surface area contributed by atoms with Gasteiger partial charge in [0.1, 0.15) is 5.82 Å². The fourth-order valence-electron chi connectivity index (χ4n) is 1.53. The molecule has 0 atom stereocenters. The Morgan fingerprint density at radius 3 is 3.00 bits per heavy atom. The van der Waals surface area contributed by atoms with Gasteiger partial charge >= 0.3 is 0 Å². The molecule has 0 aliphatic heterocycles. The van der Waals surface area contributed by atoms with E-state index in [9.17, 15) is 0 Å². The maximum absolute atomic E-state index is 5.88. The van der Waals surface area contributed by atoms with E-state index in [0.717, 1.165) is 34.8 Å². The Morgan fingerprint density at radius 2 is 2.29 bits per heavy atom. The highest BCUT2D eigenvalue weighted by molar-refractivity contribution is 9.10. The van der Waals surface area contributed by atoms with Crippen LogP contribution in [-0.2, 0) is 13.0 Å². The number of halogens is 2. The molecular formula is C12H13BrClN3. The van der Waals surface area contributed by atoms with Crippen molar-refractivity contribution in [2.45, 2.75) is 13.0 Å². The summed E-state index contributed by atoms with van der Waals surface area (Å²) in [6, 6.07) is 5.83. The minimum absolute atomic E-state index is 0.746. The molecular weight excluding hydrogens is 302 g/mol. The topological polar surface area (TPSA) is 40.7 Å². The molecule has 0 spiro atoms. The van der Waals surface area contributed by atoms with E-state index in [4.69, 9.17) is 11.6 Å². The number of benzene rings is 1. The summed E-state index contributed by atoms with van der Waals surface area (Å²) in [6.45, 7) is 1.71. The van der Waals surface area contributed by atoms with E-state index < -0.39 is 0 Å². The van der Waals surface area contributed by atoms with Gasteiger partial charge < -0.3 is 10.3 Å². The third-order valence-electron chi connectivity index (χ3n) is 2.42. The highest BCUT2D eigenvalue weighted by atomic mass is 79.9. The first-order valence-corrected chi connectivity index (χ1v) is 6.55. The molecule has 2 rings (SSSR count). The molecule has 0 aliphatic rings. The van der Waals surface area contributed by atoms with Crippen molar-refractivity contribution < 1.29 is 0 Å². The number of hydrogen-bond acceptors (Lipinski definition) is 2. The van der Waals surface area contributed by atoms with Crippen LogP contribution in [0.1, 0.15) is 11.4 Å². The van der Waals surface area contributed by atoms with Gasteiger partial charge in [-0.1, -0.05) is 33.6 Å². The zero-order valence-electron chi connectivity index (χ0n) is 9.21. The molecule has 0 saturated carbocycles. The van der Waals surface area contributed by atoms with Crippen molar-refractivity contribution >= 4 is 27.5 Å². The molecule has 0 bridgehead atoms. The van der Waals surface area contributed by atoms with Crippen LogP contribution < -0.4 is 5.32 Å². The van der Waals surface area contributed by atoms with Crippen molar-refractivity contribution in [2.75, 3.05) is 6.54 Å². The van der Waals surface area contributed by atoms with Crippen molar-refractivity contribution in [1.29, 1.82) is 0 Å². The summed E-state index contributed by atoms with van der Waals surface area (Å²) in [5, 5.41) is 4.11. The molecule has 17 heavy (non-hydrogen) atoms.